The normalized spacial score (nSPS) is 15.1. The van der Waals surface area contributed by atoms with Gasteiger partial charge in [0.15, 0.2) is 11.5 Å². The summed E-state index contributed by atoms with van der Waals surface area (Å²) in [6.45, 7) is 5.22. The zero-order chi connectivity index (χ0) is 22.6. The predicted octanol–water partition coefficient (Wildman–Crippen LogP) is 2.55. The molecule has 1 aliphatic rings. The Hall–Kier alpha value is -3.53. The van der Waals surface area contributed by atoms with Gasteiger partial charge in [0.2, 0.25) is 0 Å². The summed E-state index contributed by atoms with van der Waals surface area (Å²) in [6.07, 6.45) is 7.01. The van der Waals surface area contributed by atoms with Gasteiger partial charge in [-0.05, 0) is 32.8 Å². The molecule has 0 atom stereocenters. The molecule has 4 heterocycles. The largest absolute Gasteiger partial charge is 0.371 e. The fraction of sp³-hybridized carbons (Fsp3) is 0.364. The molecule has 4 aromatic rings. The molecule has 5 rings (SSSR count). The van der Waals surface area contributed by atoms with E-state index in [0.717, 1.165) is 48.4 Å². The number of hydrogen-bond acceptors (Lipinski definition) is 6. The number of halogens is 1. The second-order valence-electron chi connectivity index (χ2n) is 8.42. The zero-order valence-electron chi connectivity index (χ0n) is 18.3. The Balaban J connectivity index is 1.53. The van der Waals surface area contributed by atoms with Crippen molar-refractivity contribution in [2.75, 3.05) is 23.3 Å². The summed E-state index contributed by atoms with van der Waals surface area (Å²) in [4.78, 5) is 24.1. The summed E-state index contributed by atoms with van der Waals surface area (Å²) in [5.74, 6) is -0.886. The van der Waals surface area contributed by atoms with Crippen molar-refractivity contribution in [3.05, 3.63) is 47.4 Å². The van der Waals surface area contributed by atoms with Crippen LogP contribution in [0.3, 0.4) is 0 Å². The molecule has 1 amide bonds. The minimum atomic E-state index is -0.615. The first kappa shape index (κ1) is 20.4. The Morgan fingerprint density at radius 3 is 2.69 bits per heavy atom. The van der Waals surface area contributed by atoms with Gasteiger partial charge in [0, 0.05) is 44.0 Å². The van der Waals surface area contributed by atoms with Gasteiger partial charge in [-0.2, -0.15) is 5.10 Å². The third-order valence-corrected chi connectivity index (χ3v) is 5.92. The average molecular weight is 436 g/mol. The molecular formula is C22H25FN8O. The number of anilines is 2. The number of fused-ring (bicyclic) bond motifs is 2. The molecule has 1 fully saturated rings. The highest BCUT2D eigenvalue weighted by atomic mass is 19.1. The Morgan fingerprint density at radius 1 is 1.19 bits per heavy atom. The molecule has 10 heteroatoms. The first-order valence-electron chi connectivity index (χ1n) is 10.6. The number of piperidine rings is 1. The van der Waals surface area contributed by atoms with Crippen molar-refractivity contribution < 1.29 is 9.18 Å². The lowest BCUT2D eigenvalue weighted by Crippen LogP contribution is -2.39. The maximum Gasteiger partial charge on any atom is 0.262 e. The van der Waals surface area contributed by atoms with Crippen LogP contribution in [0.25, 0.3) is 16.6 Å². The van der Waals surface area contributed by atoms with Crippen molar-refractivity contribution in [3.8, 4) is 0 Å². The van der Waals surface area contributed by atoms with E-state index >= 15 is 4.39 Å². The van der Waals surface area contributed by atoms with Crippen molar-refractivity contribution in [1.29, 1.82) is 0 Å². The van der Waals surface area contributed by atoms with Gasteiger partial charge >= 0.3 is 0 Å². The smallest absolute Gasteiger partial charge is 0.262 e. The molecule has 3 aromatic heterocycles. The Bertz CT molecular complexity index is 1350. The zero-order valence-corrected chi connectivity index (χ0v) is 18.3. The molecule has 1 aliphatic heterocycles. The van der Waals surface area contributed by atoms with Crippen molar-refractivity contribution in [2.45, 2.75) is 32.7 Å². The highest BCUT2D eigenvalue weighted by Crippen LogP contribution is 2.33. The Morgan fingerprint density at radius 2 is 1.94 bits per heavy atom. The summed E-state index contributed by atoms with van der Waals surface area (Å²) in [5, 5.41) is 7.86. The van der Waals surface area contributed by atoms with Gasteiger partial charge in [0.1, 0.15) is 16.9 Å². The van der Waals surface area contributed by atoms with Gasteiger partial charge in [-0.3, -0.25) is 14.5 Å². The van der Waals surface area contributed by atoms with Crippen LogP contribution in [0.15, 0.2) is 24.7 Å². The van der Waals surface area contributed by atoms with Gasteiger partial charge in [0.25, 0.3) is 5.91 Å². The molecule has 1 aromatic carbocycles. The molecule has 0 bridgehead atoms. The Labute approximate surface area is 184 Å². The van der Waals surface area contributed by atoms with Crippen molar-refractivity contribution in [2.24, 2.45) is 12.8 Å². The number of benzene rings is 1. The van der Waals surface area contributed by atoms with E-state index in [1.165, 1.54) is 6.07 Å². The summed E-state index contributed by atoms with van der Waals surface area (Å²) >= 11 is 0. The standard InChI is InChI=1S/C22H25FN8O/c1-12-9-31-11-18(26-21(31)13(2)25-12)27-22(32)19-16(23)8-17(15-10-29(3)28-20(15)19)30-6-4-14(24)5-7-30/h8-11,14H,4-7,24H2,1-3H3,(H,27,32). The quantitative estimate of drug-likeness (QED) is 0.511. The van der Waals surface area contributed by atoms with Crippen molar-refractivity contribution in [1.82, 2.24) is 24.1 Å². The lowest BCUT2D eigenvalue weighted by Gasteiger charge is -2.32. The van der Waals surface area contributed by atoms with Gasteiger partial charge in [-0.25, -0.2) is 9.37 Å². The number of hydrogen-bond donors (Lipinski definition) is 2. The summed E-state index contributed by atoms with van der Waals surface area (Å²) in [5.41, 5.74) is 9.20. The third-order valence-electron chi connectivity index (χ3n) is 5.92. The van der Waals surface area contributed by atoms with Crippen molar-refractivity contribution in [3.63, 3.8) is 0 Å². The van der Waals surface area contributed by atoms with E-state index in [-0.39, 0.29) is 11.6 Å². The fourth-order valence-electron chi connectivity index (χ4n) is 4.41. The molecule has 32 heavy (non-hydrogen) atoms. The number of aromatic nitrogens is 5. The molecule has 0 aliphatic carbocycles. The Kier molecular flexibility index (Phi) is 4.81. The van der Waals surface area contributed by atoms with Crippen LogP contribution in [0, 0.1) is 19.7 Å². The minimum Gasteiger partial charge on any atom is -0.371 e. The first-order chi connectivity index (χ1) is 15.3. The molecule has 0 spiro atoms. The highest BCUT2D eigenvalue weighted by molar-refractivity contribution is 6.14. The van der Waals surface area contributed by atoms with Crippen LogP contribution < -0.4 is 16.0 Å². The van der Waals surface area contributed by atoms with Crippen LogP contribution in [0.1, 0.15) is 34.6 Å². The minimum absolute atomic E-state index is 0.0962. The number of nitrogens with two attached hydrogens (primary N) is 1. The summed E-state index contributed by atoms with van der Waals surface area (Å²) < 4.78 is 18.7. The van der Waals surface area contributed by atoms with E-state index in [4.69, 9.17) is 5.73 Å². The van der Waals surface area contributed by atoms with Crippen LogP contribution in [-0.2, 0) is 7.05 Å². The SMILES string of the molecule is Cc1cn2cc(NC(=O)c3c(F)cc(N4CCC(N)CC4)c4cn(C)nc34)nc2c(C)n1. The van der Waals surface area contributed by atoms with Gasteiger partial charge < -0.3 is 20.4 Å². The van der Waals surface area contributed by atoms with Crippen LogP contribution in [-0.4, -0.2) is 49.2 Å². The topological polar surface area (TPSA) is 106 Å². The van der Waals surface area contributed by atoms with Crippen LogP contribution >= 0.6 is 0 Å². The molecule has 1 saturated heterocycles. The number of nitrogens with zero attached hydrogens (tertiary/aromatic N) is 6. The molecule has 9 nitrogen and oxygen atoms in total. The van der Waals surface area contributed by atoms with Gasteiger partial charge in [0.05, 0.1) is 23.3 Å². The summed E-state index contributed by atoms with van der Waals surface area (Å²) in [6, 6.07) is 1.59. The second kappa shape index (κ2) is 7.56. The fourth-order valence-corrected chi connectivity index (χ4v) is 4.41. The van der Waals surface area contributed by atoms with Crippen LogP contribution in [0.5, 0.6) is 0 Å². The number of nitrogens with one attached hydrogen (secondary N) is 1. The molecule has 3 N–H and O–H groups in total. The molecule has 166 valence electrons. The molecular weight excluding hydrogens is 411 g/mol. The van der Waals surface area contributed by atoms with E-state index in [1.807, 2.05) is 26.2 Å². The van der Waals surface area contributed by atoms with Gasteiger partial charge in [-0.15, -0.1) is 0 Å². The predicted molar refractivity (Wildman–Crippen MR) is 121 cm³/mol. The number of amides is 1. The second-order valence-corrected chi connectivity index (χ2v) is 8.42. The lowest BCUT2D eigenvalue weighted by atomic mass is 10.0. The first-order valence-corrected chi connectivity index (χ1v) is 10.6. The van der Waals surface area contributed by atoms with Crippen LogP contribution in [0.2, 0.25) is 0 Å². The lowest BCUT2D eigenvalue weighted by molar-refractivity contribution is 0.102. The van der Waals surface area contributed by atoms with Gasteiger partial charge in [-0.1, -0.05) is 0 Å². The van der Waals surface area contributed by atoms with E-state index in [9.17, 15) is 4.79 Å². The number of rotatable bonds is 3. The third kappa shape index (κ3) is 3.46. The number of imidazole rings is 1. The maximum absolute atomic E-state index is 15.3. The highest BCUT2D eigenvalue weighted by Gasteiger charge is 2.26. The number of carbonyl (C=O) groups excluding carboxylic acids is 1. The van der Waals surface area contributed by atoms with Crippen molar-refractivity contribution >= 4 is 34.0 Å². The van der Waals surface area contributed by atoms with E-state index in [1.54, 1.807) is 22.3 Å². The van der Waals surface area contributed by atoms with E-state index in [2.05, 4.69) is 25.3 Å². The molecule has 0 radical (unpaired) electrons. The monoisotopic (exact) mass is 436 g/mol. The van der Waals surface area contributed by atoms with E-state index < -0.39 is 11.7 Å². The molecule has 0 saturated carbocycles. The summed E-state index contributed by atoms with van der Waals surface area (Å²) in [7, 11) is 1.76. The van der Waals surface area contributed by atoms with E-state index in [0.29, 0.717) is 17.0 Å². The maximum atomic E-state index is 15.3. The number of aryl methyl sites for hydroxylation is 3. The molecule has 0 unspecified atom stereocenters. The average Bonchev–Trinajstić information content (AvgIpc) is 3.30. The number of carbonyl (C=O) groups is 1. The van der Waals surface area contributed by atoms with Crippen LogP contribution in [0.4, 0.5) is 15.9 Å².